The average Bonchev–Trinajstić information content (AvgIpc) is 2.46. The highest BCUT2D eigenvalue weighted by atomic mass is 16.5. The van der Waals surface area contributed by atoms with Crippen molar-refractivity contribution in [3.8, 4) is 5.75 Å². The monoisotopic (exact) mass is 262 g/mol. The molecule has 1 amide bonds. The Bertz CT molecular complexity index is 440. The van der Waals surface area contributed by atoms with Crippen molar-refractivity contribution in [2.75, 3.05) is 19.1 Å². The fourth-order valence-corrected chi connectivity index (χ4v) is 2.59. The molecule has 0 radical (unpaired) electrons. The number of nitrogens with zero attached hydrogens (tertiary/aromatic N) is 1. The minimum Gasteiger partial charge on any atom is -0.497 e. The number of benzene rings is 1. The van der Waals surface area contributed by atoms with Gasteiger partial charge in [0.2, 0.25) is 5.91 Å². The van der Waals surface area contributed by atoms with Gasteiger partial charge in [-0.15, -0.1) is 0 Å². The van der Waals surface area contributed by atoms with Crippen LogP contribution in [0.15, 0.2) is 24.3 Å². The second-order valence-electron chi connectivity index (χ2n) is 5.21. The highest BCUT2D eigenvalue weighted by Crippen LogP contribution is 2.27. The zero-order valence-electron chi connectivity index (χ0n) is 11.6. The first-order chi connectivity index (χ1) is 9.11. The van der Waals surface area contributed by atoms with Gasteiger partial charge in [0.25, 0.3) is 0 Å². The van der Waals surface area contributed by atoms with E-state index in [0.717, 1.165) is 37.1 Å². The summed E-state index contributed by atoms with van der Waals surface area (Å²) in [5.74, 6) is 1.05. The summed E-state index contributed by atoms with van der Waals surface area (Å²) in [6, 6.07) is 7.85. The van der Waals surface area contributed by atoms with Crippen molar-refractivity contribution in [1.29, 1.82) is 0 Å². The van der Waals surface area contributed by atoms with Crippen molar-refractivity contribution in [2.45, 2.75) is 31.7 Å². The number of methoxy groups -OCH3 is 1. The lowest BCUT2D eigenvalue weighted by molar-refractivity contribution is -0.123. The van der Waals surface area contributed by atoms with Crippen molar-refractivity contribution in [3.05, 3.63) is 24.3 Å². The molecule has 2 N–H and O–H groups in total. The van der Waals surface area contributed by atoms with E-state index in [0.29, 0.717) is 0 Å². The van der Waals surface area contributed by atoms with Crippen molar-refractivity contribution in [1.82, 2.24) is 0 Å². The summed E-state index contributed by atoms with van der Waals surface area (Å²) in [4.78, 5) is 14.2. The van der Waals surface area contributed by atoms with Gasteiger partial charge in [-0.3, -0.25) is 4.79 Å². The fourth-order valence-electron chi connectivity index (χ4n) is 2.59. The molecule has 1 aromatic rings. The molecule has 4 nitrogen and oxygen atoms in total. The van der Waals surface area contributed by atoms with Crippen LogP contribution in [0.25, 0.3) is 0 Å². The molecule has 0 heterocycles. The minimum absolute atomic E-state index is 0.107. The van der Waals surface area contributed by atoms with E-state index >= 15 is 0 Å². The topological polar surface area (TPSA) is 55.6 Å². The van der Waals surface area contributed by atoms with E-state index in [1.165, 1.54) is 0 Å². The molecule has 1 aliphatic carbocycles. The first-order valence-corrected chi connectivity index (χ1v) is 6.79. The molecule has 0 aromatic heterocycles. The second kappa shape index (κ2) is 6.06. The maximum Gasteiger partial charge on any atom is 0.229 e. The molecule has 1 fully saturated rings. The molecular formula is C15H22N2O2. The average molecular weight is 262 g/mol. The minimum atomic E-state index is 0.107. The molecular weight excluding hydrogens is 240 g/mol. The lowest BCUT2D eigenvalue weighted by atomic mass is 9.85. The Balaban J connectivity index is 2.05. The Labute approximate surface area is 114 Å². The van der Waals surface area contributed by atoms with Crippen molar-refractivity contribution < 1.29 is 9.53 Å². The number of carbonyl (C=O) groups is 1. The zero-order valence-corrected chi connectivity index (χ0v) is 11.6. The first-order valence-electron chi connectivity index (χ1n) is 6.79. The predicted octanol–water partition coefficient (Wildman–Crippen LogP) is 2.18. The van der Waals surface area contributed by atoms with Gasteiger partial charge in [-0.25, -0.2) is 0 Å². The van der Waals surface area contributed by atoms with Gasteiger partial charge in [-0.2, -0.15) is 0 Å². The largest absolute Gasteiger partial charge is 0.497 e. The molecule has 0 aliphatic heterocycles. The van der Waals surface area contributed by atoms with E-state index < -0.39 is 0 Å². The molecule has 0 bridgehead atoms. The maximum absolute atomic E-state index is 12.4. The van der Waals surface area contributed by atoms with Gasteiger partial charge in [-0.05, 0) is 37.8 Å². The number of rotatable bonds is 3. The lowest BCUT2D eigenvalue weighted by Crippen LogP contribution is -2.37. The molecule has 0 saturated heterocycles. The number of hydrogen-bond acceptors (Lipinski definition) is 3. The van der Waals surface area contributed by atoms with E-state index in [1.54, 1.807) is 12.0 Å². The quantitative estimate of drug-likeness (QED) is 0.908. The second-order valence-corrected chi connectivity index (χ2v) is 5.21. The number of amides is 1. The van der Waals surface area contributed by atoms with Crippen LogP contribution < -0.4 is 15.4 Å². The van der Waals surface area contributed by atoms with Crippen LogP contribution in [0, 0.1) is 5.92 Å². The zero-order chi connectivity index (χ0) is 13.8. The summed E-state index contributed by atoms with van der Waals surface area (Å²) >= 11 is 0. The Morgan fingerprint density at radius 2 is 2.00 bits per heavy atom. The Hall–Kier alpha value is -1.55. The third kappa shape index (κ3) is 3.26. The van der Waals surface area contributed by atoms with Crippen LogP contribution in [-0.4, -0.2) is 26.1 Å². The van der Waals surface area contributed by atoms with Crippen LogP contribution in [-0.2, 0) is 4.79 Å². The SMILES string of the molecule is COc1cccc(N(C)C(=O)C2CCC(N)CC2)c1. The van der Waals surface area contributed by atoms with Crippen LogP contribution in [0.1, 0.15) is 25.7 Å². The fraction of sp³-hybridized carbons (Fsp3) is 0.533. The molecule has 0 unspecified atom stereocenters. The van der Waals surface area contributed by atoms with Gasteiger partial charge in [0.05, 0.1) is 7.11 Å². The van der Waals surface area contributed by atoms with Crippen LogP contribution in [0.4, 0.5) is 5.69 Å². The molecule has 4 heteroatoms. The van der Waals surface area contributed by atoms with E-state index in [4.69, 9.17) is 10.5 Å². The van der Waals surface area contributed by atoms with E-state index in [-0.39, 0.29) is 17.9 Å². The lowest BCUT2D eigenvalue weighted by Gasteiger charge is -2.29. The molecule has 19 heavy (non-hydrogen) atoms. The van der Waals surface area contributed by atoms with Crippen molar-refractivity contribution in [3.63, 3.8) is 0 Å². The van der Waals surface area contributed by atoms with Crippen LogP contribution >= 0.6 is 0 Å². The highest BCUT2D eigenvalue weighted by Gasteiger charge is 2.27. The number of carbonyl (C=O) groups excluding carboxylic acids is 1. The van der Waals surface area contributed by atoms with Gasteiger partial charge in [0.1, 0.15) is 5.75 Å². The number of anilines is 1. The van der Waals surface area contributed by atoms with Crippen LogP contribution in [0.3, 0.4) is 0 Å². The summed E-state index contributed by atoms with van der Waals surface area (Å²) in [6.07, 6.45) is 3.69. The normalized spacial score (nSPS) is 22.9. The molecule has 104 valence electrons. The standard InChI is InChI=1S/C15H22N2O2/c1-17(13-4-3-5-14(10-13)19-2)15(18)11-6-8-12(16)9-7-11/h3-5,10-12H,6-9,16H2,1-2H3. The third-order valence-corrected chi connectivity index (χ3v) is 3.89. The van der Waals surface area contributed by atoms with Crippen LogP contribution in [0.2, 0.25) is 0 Å². The Kier molecular flexibility index (Phi) is 4.43. The van der Waals surface area contributed by atoms with E-state index in [1.807, 2.05) is 31.3 Å². The highest BCUT2D eigenvalue weighted by molar-refractivity contribution is 5.94. The van der Waals surface area contributed by atoms with Crippen molar-refractivity contribution >= 4 is 11.6 Å². The third-order valence-electron chi connectivity index (χ3n) is 3.89. The number of ether oxygens (including phenoxy) is 1. The van der Waals surface area contributed by atoms with E-state index in [2.05, 4.69) is 0 Å². The summed E-state index contributed by atoms with van der Waals surface area (Å²) in [7, 11) is 3.45. The molecule has 0 atom stereocenters. The smallest absolute Gasteiger partial charge is 0.229 e. The van der Waals surface area contributed by atoms with E-state index in [9.17, 15) is 4.79 Å². The van der Waals surface area contributed by atoms with Gasteiger partial charge >= 0.3 is 0 Å². The molecule has 1 saturated carbocycles. The maximum atomic E-state index is 12.4. The number of nitrogens with two attached hydrogens (primary N) is 1. The Morgan fingerprint density at radius 3 is 2.63 bits per heavy atom. The summed E-state index contributed by atoms with van der Waals surface area (Å²) in [5, 5.41) is 0. The van der Waals surface area contributed by atoms with Gasteiger partial charge in [-0.1, -0.05) is 6.07 Å². The Morgan fingerprint density at radius 1 is 1.32 bits per heavy atom. The molecule has 2 rings (SSSR count). The van der Waals surface area contributed by atoms with Gasteiger partial charge < -0.3 is 15.4 Å². The summed E-state index contributed by atoms with van der Waals surface area (Å²) < 4.78 is 5.19. The summed E-state index contributed by atoms with van der Waals surface area (Å²) in [5.41, 5.74) is 6.76. The predicted molar refractivity (Wildman–Crippen MR) is 76.3 cm³/mol. The van der Waals surface area contributed by atoms with Gasteiger partial charge in [0, 0.05) is 30.8 Å². The van der Waals surface area contributed by atoms with Crippen LogP contribution in [0.5, 0.6) is 5.75 Å². The number of hydrogen-bond donors (Lipinski definition) is 1. The molecule has 1 aliphatic rings. The molecule has 0 spiro atoms. The molecule has 1 aromatic carbocycles. The first kappa shape index (κ1) is 13.9. The summed E-state index contributed by atoms with van der Waals surface area (Å²) in [6.45, 7) is 0. The van der Waals surface area contributed by atoms with Gasteiger partial charge in [0.15, 0.2) is 0 Å². The van der Waals surface area contributed by atoms with Crippen molar-refractivity contribution in [2.24, 2.45) is 11.7 Å².